The van der Waals surface area contributed by atoms with Crippen molar-refractivity contribution in [3.05, 3.63) is 29.3 Å². The van der Waals surface area contributed by atoms with Gasteiger partial charge in [-0.15, -0.1) is 0 Å². The molecule has 4 heteroatoms. The van der Waals surface area contributed by atoms with Crippen LogP contribution < -0.4 is 5.32 Å². The van der Waals surface area contributed by atoms with Gasteiger partial charge in [0.2, 0.25) is 5.91 Å². The van der Waals surface area contributed by atoms with Crippen LogP contribution in [0.5, 0.6) is 0 Å². The lowest BCUT2D eigenvalue weighted by atomic mass is 9.90. The molecule has 4 nitrogen and oxygen atoms in total. The summed E-state index contributed by atoms with van der Waals surface area (Å²) in [7, 11) is 3.97. The molecule has 0 aromatic heterocycles. The summed E-state index contributed by atoms with van der Waals surface area (Å²) in [5, 5.41) is 12.1. The number of nitrogens with zero attached hydrogens (tertiary/aromatic N) is 2. The van der Waals surface area contributed by atoms with E-state index in [0.717, 1.165) is 23.2 Å². The van der Waals surface area contributed by atoms with E-state index in [9.17, 15) is 10.1 Å². The minimum atomic E-state index is -0.0434. The number of nitrogens with one attached hydrogen (secondary N) is 1. The fraction of sp³-hybridized carbons (Fsp3) is 0.467. The van der Waals surface area contributed by atoms with Crippen LogP contribution in [0.3, 0.4) is 0 Å². The number of carbonyl (C=O) groups is 1. The van der Waals surface area contributed by atoms with Gasteiger partial charge in [-0.2, -0.15) is 5.26 Å². The minimum absolute atomic E-state index is 0.0425. The van der Waals surface area contributed by atoms with Gasteiger partial charge in [-0.25, -0.2) is 0 Å². The van der Waals surface area contributed by atoms with E-state index in [1.807, 2.05) is 33.2 Å². The quantitative estimate of drug-likeness (QED) is 0.900. The number of anilines is 1. The van der Waals surface area contributed by atoms with Crippen LogP contribution in [-0.2, 0) is 11.2 Å². The third kappa shape index (κ3) is 2.61. The minimum Gasteiger partial charge on any atom is -0.326 e. The summed E-state index contributed by atoms with van der Waals surface area (Å²) in [5.41, 5.74) is 3.03. The van der Waals surface area contributed by atoms with E-state index in [-0.39, 0.29) is 17.9 Å². The molecule has 0 saturated heterocycles. The van der Waals surface area contributed by atoms with Gasteiger partial charge in [0, 0.05) is 5.69 Å². The van der Waals surface area contributed by atoms with Crippen LogP contribution in [0, 0.1) is 17.2 Å². The summed E-state index contributed by atoms with van der Waals surface area (Å²) < 4.78 is 0. The van der Waals surface area contributed by atoms with Crippen molar-refractivity contribution in [2.24, 2.45) is 5.92 Å². The third-order valence-electron chi connectivity index (χ3n) is 3.64. The summed E-state index contributed by atoms with van der Waals surface area (Å²) in [4.78, 5) is 13.5. The fourth-order valence-electron chi connectivity index (χ4n) is 2.71. The zero-order valence-electron chi connectivity index (χ0n) is 11.6. The van der Waals surface area contributed by atoms with E-state index in [1.54, 1.807) is 0 Å². The molecular formula is C15H19N3O. The topological polar surface area (TPSA) is 56.1 Å². The molecule has 0 saturated carbocycles. The van der Waals surface area contributed by atoms with Crippen LogP contribution in [0.4, 0.5) is 5.69 Å². The Morgan fingerprint density at radius 2 is 2.21 bits per heavy atom. The largest absolute Gasteiger partial charge is 0.326 e. The first-order valence-electron chi connectivity index (χ1n) is 6.55. The molecule has 1 amide bonds. The van der Waals surface area contributed by atoms with Gasteiger partial charge in [-0.3, -0.25) is 4.79 Å². The monoisotopic (exact) mass is 257 g/mol. The van der Waals surface area contributed by atoms with E-state index in [4.69, 9.17) is 0 Å². The second-order valence-electron chi connectivity index (χ2n) is 5.19. The molecule has 1 aromatic rings. The van der Waals surface area contributed by atoms with Crippen molar-refractivity contribution in [3.63, 3.8) is 0 Å². The first-order chi connectivity index (χ1) is 9.06. The highest BCUT2D eigenvalue weighted by molar-refractivity contribution is 5.99. The van der Waals surface area contributed by atoms with Crippen LogP contribution in [0.1, 0.15) is 30.5 Å². The normalized spacial score (nSPS) is 16.7. The number of rotatable bonds is 4. The maximum absolute atomic E-state index is 11.4. The molecule has 2 rings (SSSR count). The van der Waals surface area contributed by atoms with E-state index < -0.39 is 0 Å². The summed E-state index contributed by atoms with van der Waals surface area (Å²) in [6.45, 7) is 2.03. The van der Waals surface area contributed by atoms with E-state index >= 15 is 0 Å². The van der Waals surface area contributed by atoms with Crippen molar-refractivity contribution in [1.29, 1.82) is 5.26 Å². The lowest BCUT2D eigenvalue weighted by Crippen LogP contribution is -2.26. The van der Waals surface area contributed by atoms with Gasteiger partial charge in [-0.1, -0.05) is 19.1 Å². The molecule has 0 fully saturated rings. The Morgan fingerprint density at radius 3 is 2.79 bits per heavy atom. The Morgan fingerprint density at radius 1 is 1.47 bits per heavy atom. The summed E-state index contributed by atoms with van der Waals surface area (Å²) in [6.07, 6.45) is 1.25. The Balaban J connectivity index is 2.37. The van der Waals surface area contributed by atoms with Crippen LogP contribution >= 0.6 is 0 Å². The number of hydrogen-bond acceptors (Lipinski definition) is 3. The molecule has 2 unspecified atom stereocenters. The molecule has 0 aliphatic carbocycles. The molecule has 0 bridgehead atoms. The average molecular weight is 257 g/mol. The van der Waals surface area contributed by atoms with Gasteiger partial charge in [0.1, 0.15) is 0 Å². The summed E-state index contributed by atoms with van der Waals surface area (Å²) in [5.74, 6) is -0.000934. The van der Waals surface area contributed by atoms with Crippen LogP contribution in [-0.4, -0.2) is 24.9 Å². The number of benzene rings is 1. The van der Waals surface area contributed by atoms with Crippen molar-refractivity contribution < 1.29 is 4.79 Å². The highest BCUT2D eigenvalue weighted by Gasteiger charge is 2.26. The summed E-state index contributed by atoms with van der Waals surface area (Å²) >= 11 is 0. The van der Waals surface area contributed by atoms with Crippen molar-refractivity contribution >= 4 is 11.6 Å². The molecule has 2 atom stereocenters. The molecule has 0 radical (unpaired) electrons. The summed E-state index contributed by atoms with van der Waals surface area (Å²) in [6, 6.07) is 8.45. The Kier molecular flexibility index (Phi) is 3.87. The highest BCUT2D eigenvalue weighted by atomic mass is 16.1. The molecular weight excluding hydrogens is 238 g/mol. The van der Waals surface area contributed by atoms with Gasteiger partial charge in [-0.05, 0) is 37.7 Å². The van der Waals surface area contributed by atoms with Crippen LogP contribution in [0.2, 0.25) is 0 Å². The van der Waals surface area contributed by atoms with Gasteiger partial charge in [0.05, 0.1) is 24.4 Å². The first kappa shape index (κ1) is 13.6. The van der Waals surface area contributed by atoms with Crippen molar-refractivity contribution in [2.75, 3.05) is 19.4 Å². The number of nitriles is 1. The lowest BCUT2D eigenvalue weighted by Gasteiger charge is -2.28. The van der Waals surface area contributed by atoms with E-state index in [1.165, 1.54) is 0 Å². The molecule has 1 N–H and O–H groups in total. The SMILES string of the molecule is CCC(C#N)C(c1ccc2c(c1)CC(=O)N2)N(C)C. The van der Waals surface area contributed by atoms with E-state index in [0.29, 0.717) is 6.42 Å². The Labute approximate surface area is 114 Å². The molecule has 1 aliphatic rings. The predicted molar refractivity (Wildman–Crippen MR) is 74.6 cm³/mol. The average Bonchev–Trinajstić information content (AvgIpc) is 2.74. The molecule has 1 heterocycles. The lowest BCUT2D eigenvalue weighted by molar-refractivity contribution is -0.115. The smallest absolute Gasteiger partial charge is 0.228 e. The number of fused-ring (bicyclic) bond motifs is 1. The predicted octanol–water partition coefficient (Wildman–Crippen LogP) is 2.33. The van der Waals surface area contributed by atoms with Gasteiger partial charge >= 0.3 is 0 Å². The molecule has 100 valence electrons. The van der Waals surface area contributed by atoms with Crippen molar-refractivity contribution in [1.82, 2.24) is 4.90 Å². The number of amides is 1. The third-order valence-corrected chi connectivity index (χ3v) is 3.64. The molecule has 1 aromatic carbocycles. The second-order valence-corrected chi connectivity index (χ2v) is 5.19. The van der Waals surface area contributed by atoms with Gasteiger partial charge in [0.15, 0.2) is 0 Å². The molecule has 1 aliphatic heterocycles. The van der Waals surface area contributed by atoms with Crippen LogP contribution in [0.25, 0.3) is 0 Å². The fourth-order valence-corrected chi connectivity index (χ4v) is 2.71. The first-order valence-corrected chi connectivity index (χ1v) is 6.55. The number of hydrogen-bond donors (Lipinski definition) is 1. The molecule has 19 heavy (non-hydrogen) atoms. The maximum Gasteiger partial charge on any atom is 0.228 e. The Bertz CT molecular complexity index is 531. The molecule has 0 spiro atoms. The van der Waals surface area contributed by atoms with Gasteiger partial charge < -0.3 is 10.2 Å². The maximum atomic E-state index is 11.4. The Hall–Kier alpha value is -1.86. The standard InChI is InChI=1S/C15H19N3O/c1-4-10(9-16)15(18(2)3)11-5-6-13-12(7-11)8-14(19)17-13/h5-7,10,15H,4,8H2,1-3H3,(H,17,19). The van der Waals surface area contributed by atoms with Crippen molar-refractivity contribution in [3.8, 4) is 6.07 Å². The zero-order chi connectivity index (χ0) is 14.0. The zero-order valence-corrected chi connectivity index (χ0v) is 11.6. The van der Waals surface area contributed by atoms with E-state index in [2.05, 4.69) is 22.4 Å². The van der Waals surface area contributed by atoms with Crippen LogP contribution in [0.15, 0.2) is 18.2 Å². The van der Waals surface area contributed by atoms with Crippen molar-refractivity contribution in [2.45, 2.75) is 25.8 Å². The highest BCUT2D eigenvalue weighted by Crippen LogP contribution is 2.32. The van der Waals surface area contributed by atoms with Gasteiger partial charge in [0.25, 0.3) is 0 Å². The second kappa shape index (κ2) is 5.41. The number of carbonyl (C=O) groups excluding carboxylic acids is 1.